The molecule has 2 aromatic carbocycles. The lowest BCUT2D eigenvalue weighted by molar-refractivity contribution is 0.0696. The van der Waals surface area contributed by atoms with E-state index in [1.807, 2.05) is 36.4 Å². The highest BCUT2D eigenvalue weighted by atomic mass is 16.4. The van der Waals surface area contributed by atoms with Crippen LogP contribution in [0.2, 0.25) is 0 Å². The molecule has 0 saturated heterocycles. The standard InChI is InChI=1S/C24H31NO2/c1-4-7-12-18-16-17-21(24(26)27)23(20(18)6-3)22(15-8-5-2)25-19-13-10-9-11-14-19/h9-11,13-14,16-17H,4-8,12,15H2,1-3H3,(H,26,27). The first-order valence-corrected chi connectivity index (χ1v) is 10.1. The fraction of sp³-hybridized carbons (Fsp3) is 0.417. The van der Waals surface area contributed by atoms with Gasteiger partial charge in [-0.25, -0.2) is 4.79 Å². The molecule has 0 radical (unpaired) electrons. The van der Waals surface area contributed by atoms with E-state index in [2.05, 4.69) is 20.8 Å². The number of nitrogens with zero attached hydrogens (tertiary/aromatic N) is 1. The number of carbonyl (C=O) groups is 1. The van der Waals surface area contributed by atoms with Crippen LogP contribution in [0.5, 0.6) is 0 Å². The average molecular weight is 366 g/mol. The molecule has 27 heavy (non-hydrogen) atoms. The summed E-state index contributed by atoms with van der Waals surface area (Å²) in [7, 11) is 0. The summed E-state index contributed by atoms with van der Waals surface area (Å²) in [5, 5.41) is 9.84. The van der Waals surface area contributed by atoms with Crippen molar-refractivity contribution in [2.45, 2.75) is 65.7 Å². The largest absolute Gasteiger partial charge is 0.478 e. The number of aromatic carboxylic acids is 1. The molecule has 0 spiro atoms. The third-order valence-electron chi connectivity index (χ3n) is 4.87. The molecular formula is C24H31NO2. The zero-order valence-electron chi connectivity index (χ0n) is 16.8. The normalized spacial score (nSPS) is 11.6. The van der Waals surface area contributed by atoms with E-state index < -0.39 is 5.97 Å². The number of aliphatic imine (C=N–C) groups is 1. The van der Waals surface area contributed by atoms with Crippen LogP contribution in [-0.4, -0.2) is 16.8 Å². The lowest BCUT2D eigenvalue weighted by Crippen LogP contribution is -2.15. The number of hydrogen-bond donors (Lipinski definition) is 1. The van der Waals surface area contributed by atoms with E-state index in [0.717, 1.165) is 67.5 Å². The fourth-order valence-corrected chi connectivity index (χ4v) is 3.44. The van der Waals surface area contributed by atoms with Crippen LogP contribution in [0.25, 0.3) is 0 Å². The lowest BCUT2D eigenvalue weighted by Gasteiger charge is -2.18. The molecule has 0 heterocycles. The number of hydrogen-bond acceptors (Lipinski definition) is 2. The van der Waals surface area contributed by atoms with Crippen molar-refractivity contribution in [3.05, 3.63) is 64.7 Å². The van der Waals surface area contributed by atoms with Crippen molar-refractivity contribution in [1.29, 1.82) is 0 Å². The molecule has 0 aliphatic heterocycles. The topological polar surface area (TPSA) is 49.7 Å². The Morgan fingerprint density at radius 3 is 2.26 bits per heavy atom. The molecule has 0 unspecified atom stereocenters. The van der Waals surface area contributed by atoms with Crippen molar-refractivity contribution >= 4 is 17.4 Å². The van der Waals surface area contributed by atoms with Crippen molar-refractivity contribution in [2.75, 3.05) is 0 Å². The highest BCUT2D eigenvalue weighted by Gasteiger charge is 2.20. The molecule has 2 rings (SSSR count). The average Bonchev–Trinajstić information content (AvgIpc) is 2.69. The number of unbranched alkanes of at least 4 members (excludes halogenated alkanes) is 2. The molecular weight excluding hydrogens is 334 g/mol. The highest BCUT2D eigenvalue weighted by Crippen LogP contribution is 2.27. The predicted molar refractivity (Wildman–Crippen MR) is 114 cm³/mol. The van der Waals surface area contributed by atoms with Crippen LogP contribution in [0.4, 0.5) is 5.69 Å². The lowest BCUT2D eigenvalue weighted by atomic mass is 9.87. The summed E-state index contributed by atoms with van der Waals surface area (Å²) in [4.78, 5) is 16.9. The highest BCUT2D eigenvalue weighted by molar-refractivity contribution is 6.10. The molecule has 0 fully saturated rings. The quantitative estimate of drug-likeness (QED) is 0.482. The zero-order valence-corrected chi connectivity index (χ0v) is 16.8. The second kappa shape index (κ2) is 10.7. The zero-order chi connectivity index (χ0) is 19.6. The van der Waals surface area contributed by atoms with Gasteiger partial charge in [0.15, 0.2) is 0 Å². The number of rotatable bonds is 10. The molecule has 0 aliphatic rings. The summed E-state index contributed by atoms with van der Waals surface area (Å²) in [5.41, 5.74) is 5.40. The maximum absolute atomic E-state index is 12.0. The number of carboxylic acids is 1. The van der Waals surface area contributed by atoms with Gasteiger partial charge in [-0.15, -0.1) is 0 Å². The van der Waals surface area contributed by atoms with Gasteiger partial charge in [-0.1, -0.05) is 57.9 Å². The monoisotopic (exact) mass is 365 g/mol. The molecule has 0 bridgehead atoms. The number of carboxylic acid groups (broad SMARTS) is 1. The summed E-state index contributed by atoms with van der Waals surface area (Å²) in [5.74, 6) is -0.876. The first-order valence-electron chi connectivity index (χ1n) is 10.1. The minimum atomic E-state index is -0.876. The Kier molecular flexibility index (Phi) is 8.25. The van der Waals surface area contributed by atoms with Gasteiger partial charge in [0, 0.05) is 11.3 Å². The van der Waals surface area contributed by atoms with E-state index in [1.165, 1.54) is 5.56 Å². The predicted octanol–water partition coefficient (Wildman–Crippen LogP) is 6.60. The first kappa shape index (κ1) is 20.9. The molecule has 0 amide bonds. The van der Waals surface area contributed by atoms with Gasteiger partial charge in [-0.2, -0.15) is 0 Å². The van der Waals surface area contributed by atoms with E-state index in [0.29, 0.717) is 5.56 Å². The smallest absolute Gasteiger partial charge is 0.336 e. The third-order valence-corrected chi connectivity index (χ3v) is 4.87. The summed E-state index contributed by atoms with van der Waals surface area (Å²) in [6.07, 6.45) is 6.86. The van der Waals surface area contributed by atoms with Crippen LogP contribution in [0.1, 0.15) is 79.9 Å². The summed E-state index contributed by atoms with van der Waals surface area (Å²) >= 11 is 0. The van der Waals surface area contributed by atoms with Crippen molar-refractivity contribution in [3.63, 3.8) is 0 Å². The number of benzene rings is 2. The van der Waals surface area contributed by atoms with Crippen LogP contribution in [0.15, 0.2) is 47.5 Å². The SMILES string of the molecule is CCCCC(=Nc1ccccc1)c1c(C(=O)O)ccc(CCCC)c1CC. The Hall–Kier alpha value is -2.42. The molecule has 0 aliphatic carbocycles. The van der Waals surface area contributed by atoms with Crippen molar-refractivity contribution in [3.8, 4) is 0 Å². The van der Waals surface area contributed by atoms with Crippen LogP contribution in [0, 0.1) is 0 Å². The van der Waals surface area contributed by atoms with Crippen molar-refractivity contribution in [1.82, 2.24) is 0 Å². The molecule has 3 nitrogen and oxygen atoms in total. The number of aryl methyl sites for hydroxylation is 1. The van der Waals surface area contributed by atoms with Gasteiger partial charge in [0.2, 0.25) is 0 Å². The number of para-hydroxylation sites is 1. The molecule has 2 aromatic rings. The molecule has 1 N–H and O–H groups in total. The van der Waals surface area contributed by atoms with Gasteiger partial charge in [0.05, 0.1) is 11.3 Å². The Balaban J connectivity index is 2.67. The Labute approximate surface area is 163 Å². The Morgan fingerprint density at radius 1 is 0.963 bits per heavy atom. The van der Waals surface area contributed by atoms with Crippen LogP contribution < -0.4 is 0 Å². The summed E-state index contributed by atoms with van der Waals surface area (Å²) < 4.78 is 0. The Bertz CT molecular complexity index is 778. The van der Waals surface area contributed by atoms with E-state index >= 15 is 0 Å². The molecule has 3 heteroatoms. The van der Waals surface area contributed by atoms with E-state index in [-0.39, 0.29) is 0 Å². The maximum Gasteiger partial charge on any atom is 0.336 e. The van der Waals surface area contributed by atoms with Crippen LogP contribution in [-0.2, 0) is 12.8 Å². The van der Waals surface area contributed by atoms with E-state index in [1.54, 1.807) is 6.07 Å². The van der Waals surface area contributed by atoms with Gasteiger partial charge in [-0.05, 0) is 61.4 Å². The Morgan fingerprint density at radius 2 is 1.67 bits per heavy atom. The summed E-state index contributed by atoms with van der Waals surface area (Å²) in [6.45, 7) is 6.44. The van der Waals surface area contributed by atoms with E-state index in [9.17, 15) is 9.90 Å². The summed E-state index contributed by atoms with van der Waals surface area (Å²) in [6, 6.07) is 13.6. The maximum atomic E-state index is 12.0. The molecule has 144 valence electrons. The van der Waals surface area contributed by atoms with Gasteiger partial charge < -0.3 is 5.11 Å². The van der Waals surface area contributed by atoms with Gasteiger partial charge in [-0.3, -0.25) is 4.99 Å². The third kappa shape index (κ3) is 5.53. The van der Waals surface area contributed by atoms with Gasteiger partial charge >= 0.3 is 5.97 Å². The van der Waals surface area contributed by atoms with Crippen molar-refractivity contribution < 1.29 is 9.90 Å². The van der Waals surface area contributed by atoms with Gasteiger partial charge in [0.1, 0.15) is 0 Å². The van der Waals surface area contributed by atoms with Crippen LogP contribution in [0.3, 0.4) is 0 Å². The van der Waals surface area contributed by atoms with Crippen molar-refractivity contribution in [2.24, 2.45) is 4.99 Å². The molecule has 0 saturated carbocycles. The van der Waals surface area contributed by atoms with Crippen LogP contribution >= 0.6 is 0 Å². The minimum absolute atomic E-state index is 0.373. The van der Waals surface area contributed by atoms with E-state index in [4.69, 9.17) is 4.99 Å². The second-order valence-corrected chi connectivity index (χ2v) is 6.89. The molecule has 0 aromatic heterocycles. The molecule has 0 atom stereocenters. The minimum Gasteiger partial charge on any atom is -0.478 e. The first-order chi connectivity index (χ1) is 13.1. The fourth-order valence-electron chi connectivity index (χ4n) is 3.44. The second-order valence-electron chi connectivity index (χ2n) is 6.89. The van der Waals surface area contributed by atoms with Gasteiger partial charge in [0.25, 0.3) is 0 Å².